The Morgan fingerprint density at radius 3 is 1.82 bits per heavy atom. The van der Waals surface area contributed by atoms with Gasteiger partial charge in [0.25, 0.3) is 0 Å². The Morgan fingerprint density at radius 1 is 0.769 bits per heavy atom. The molecular formula is C33H44N4O2. The van der Waals surface area contributed by atoms with Gasteiger partial charge in [0, 0.05) is 52.0 Å². The van der Waals surface area contributed by atoms with Crippen molar-refractivity contribution >= 4 is 12.3 Å². The van der Waals surface area contributed by atoms with Gasteiger partial charge in [0.15, 0.2) is 0 Å². The molecule has 0 aromatic heterocycles. The Labute approximate surface area is 234 Å². The molecule has 0 unspecified atom stereocenters. The molecule has 39 heavy (non-hydrogen) atoms. The van der Waals surface area contributed by atoms with Crippen LogP contribution in [0.15, 0.2) is 96.0 Å². The van der Waals surface area contributed by atoms with Crippen molar-refractivity contribution in [2.45, 2.75) is 45.9 Å². The predicted molar refractivity (Wildman–Crippen MR) is 161 cm³/mol. The van der Waals surface area contributed by atoms with Crippen LogP contribution in [0.4, 0.5) is 4.79 Å². The molecule has 0 atom stereocenters. The minimum absolute atomic E-state index is 0.359. The van der Waals surface area contributed by atoms with Crippen LogP contribution in [0, 0.1) is 0 Å². The van der Waals surface area contributed by atoms with Crippen molar-refractivity contribution in [2.24, 2.45) is 4.99 Å². The zero-order valence-corrected chi connectivity index (χ0v) is 23.8. The third-order valence-corrected chi connectivity index (χ3v) is 6.14. The number of carbonyl (C=O) groups is 1. The summed E-state index contributed by atoms with van der Waals surface area (Å²) in [5.74, 6) is 0. The molecule has 0 bridgehead atoms. The molecule has 0 saturated heterocycles. The van der Waals surface area contributed by atoms with Gasteiger partial charge in [-0.25, -0.2) is 4.79 Å². The third-order valence-electron chi connectivity index (χ3n) is 6.14. The summed E-state index contributed by atoms with van der Waals surface area (Å²) in [7, 11) is 0. The lowest BCUT2D eigenvalue weighted by Gasteiger charge is -2.28. The van der Waals surface area contributed by atoms with Crippen molar-refractivity contribution < 1.29 is 9.53 Å². The summed E-state index contributed by atoms with van der Waals surface area (Å²) in [5.41, 5.74) is 3.23. The van der Waals surface area contributed by atoms with Gasteiger partial charge >= 0.3 is 6.09 Å². The van der Waals surface area contributed by atoms with E-state index in [1.165, 1.54) is 11.1 Å². The van der Waals surface area contributed by atoms with E-state index < -0.39 is 5.60 Å². The Kier molecular flexibility index (Phi) is 12.7. The highest BCUT2D eigenvalue weighted by Crippen LogP contribution is 2.09. The van der Waals surface area contributed by atoms with E-state index in [1.807, 2.05) is 45.2 Å². The minimum atomic E-state index is -0.489. The van der Waals surface area contributed by atoms with E-state index in [-0.39, 0.29) is 6.09 Å². The first kappa shape index (κ1) is 30.1. The molecule has 3 aromatic carbocycles. The molecule has 1 N–H and O–H groups in total. The summed E-state index contributed by atoms with van der Waals surface area (Å²) in [5, 5.41) is 2.89. The number of nitrogens with zero attached hydrogens (tertiary/aromatic N) is 3. The first-order chi connectivity index (χ1) is 18.9. The van der Waals surface area contributed by atoms with Crippen LogP contribution in [0.25, 0.3) is 0 Å². The minimum Gasteiger partial charge on any atom is -0.444 e. The van der Waals surface area contributed by atoms with Crippen LogP contribution in [0.2, 0.25) is 0 Å². The number of aliphatic imine (C=N–C) groups is 1. The molecule has 0 radical (unpaired) electrons. The Morgan fingerprint density at radius 2 is 1.28 bits per heavy atom. The Balaban J connectivity index is 1.57. The highest BCUT2D eigenvalue weighted by Gasteiger charge is 2.16. The number of hydrogen-bond donors (Lipinski definition) is 1. The van der Waals surface area contributed by atoms with Crippen LogP contribution >= 0.6 is 0 Å². The lowest BCUT2D eigenvalue weighted by molar-refractivity contribution is 0.0525. The number of rotatable bonds is 15. The Bertz CT molecular complexity index is 1100. The van der Waals surface area contributed by atoms with E-state index in [1.54, 1.807) is 0 Å². The maximum atomic E-state index is 12.0. The number of ether oxygens (including phenoxy) is 1. The van der Waals surface area contributed by atoms with Crippen molar-refractivity contribution in [3.63, 3.8) is 0 Å². The predicted octanol–water partition coefficient (Wildman–Crippen LogP) is 6.02. The van der Waals surface area contributed by atoms with Crippen LogP contribution in [0.5, 0.6) is 0 Å². The average molecular weight is 529 g/mol. The quantitative estimate of drug-likeness (QED) is 0.193. The van der Waals surface area contributed by atoms with Gasteiger partial charge in [-0.15, -0.1) is 0 Å². The number of amides is 1. The van der Waals surface area contributed by atoms with Gasteiger partial charge in [-0.3, -0.25) is 14.8 Å². The van der Waals surface area contributed by atoms with Crippen LogP contribution < -0.4 is 5.32 Å². The summed E-state index contributed by atoms with van der Waals surface area (Å²) in [6, 6.07) is 31.4. The fourth-order valence-corrected chi connectivity index (χ4v) is 4.22. The molecule has 0 heterocycles. The second kappa shape index (κ2) is 16.5. The first-order valence-electron chi connectivity index (χ1n) is 13.9. The fourth-order valence-electron chi connectivity index (χ4n) is 4.22. The normalized spacial score (nSPS) is 11.8. The molecule has 0 aliphatic heterocycles. The van der Waals surface area contributed by atoms with Crippen LogP contribution in [-0.2, 0) is 17.8 Å². The average Bonchev–Trinajstić information content (AvgIpc) is 2.92. The van der Waals surface area contributed by atoms with Crippen molar-refractivity contribution in [3.8, 4) is 0 Å². The van der Waals surface area contributed by atoms with Crippen LogP contribution in [0.1, 0.15) is 43.9 Å². The second-order valence-electron chi connectivity index (χ2n) is 10.8. The lowest BCUT2D eigenvalue weighted by Crippen LogP contribution is -2.38. The maximum absolute atomic E-state index is 12.0. The fraction of sp³-hybridized carbons (Fsp3) is 0.394. The van der Waals surface area contributed by atoms with Crippen LogP contribution in [0.3, 0.4) is 0 Å². The molecule has 0 fully saturated rings. The molecular weight excluding hydrogens is 484 g/mol. The molecule has 3 rings (SSSR count). The maximum Gasteiger partial charge on any atom is 0.407 e. The summed E-state index contributed by atoms with van der Waals surface area (Å²) in [6.45, 7) is 12.4. The van der Waals surface area contributed by atoms with E-state index in [4.69, 9.17) is 4.74 Å². The Hall–Kier alpha value is -3.48. The second-order valence-corrected chi connectivity index (χ2v) is 10.8. The van der Waals surface area contributed by atoms with Crippen molar-refractivity contribution in [1.82, 2.24) is 15.1 Å². The van der Waals surface area contributed by atoms with Gasteiger partial charge in [-0.05, 0) is 43.9 Å². The molecule has 3 aromatic rings. The number of alkyl carbamates (subject to hydrolysis) is 1. The van der Waals surface area contributed by atoms with Crippen LogP contribution in [-0.4, -0.2) is 67.0 Å². The summed E-state index contributed by atoms with van der Waals surface area (Å²) in [6.07, 6.45) is 2.45. The molecule has 0 saturated carbocycles. The SMILES string of the molecule is CC(C)(C)OC(=O)NCCCN(CCN(CCN=Cc1ccccc1)Cc1ccccc1)Cc1ccccc1. The van der Waals surface area contributed by atoms with Gasteiger partial charge in [0.05, 0.1) is 6.54 Å². The first-order valence-corrected chi connectivity index (χ1v) is 13.9. The molecule has 6 nitrogen and oxygen atoms in total. The third kappa shape index (κ3) is 13.2. The van der Waals surface area contributed by atoms with Gasteiger partial charge in [0.2, 0.25) is 0 Å². The monoisotopic (exact) mass is 528 g/mol. The van der Waals surface area contributed by atoms with E-state index in [0.29, 0.717) is 6.54 Å². The van der Waals surface area contributed by atoms with Gasteiger partial charge in [-0.1, -0.05) is 91.0 Å². The van der Waals surface area contributed by atoms with Gasteiger partial charge in [0.1, 0.15) is 5.60 Å². The summed E-state index contributed by atoms with van der Waals surface area (Å²) < 4.78 is 5.37. The summed E-state index contributed by atoms with van der Waals surface area (Å²) >= 11 is 0. The molecule has 6 heteroatoms. The topological polar surface area (TPSA) is 57.2 Å². The van der Waals surface area contributed by atoms with Crippen molar-refractivity contribution in [2.75, 3.05) is 39.3 Å². The van der Waals surface area contributed by atoms with E-state index in [2.05, 4.69) is 92.9 Å². The molecule has 0 spiro atoms. The number of carbonyl (C=O) groups excluding carboxylic acids is 1. The van der Waals surface area contributed by atoms with Gasteiger partial charge < -0.3 is 10.1 Å². The number of nitrogens with one attached hydrogen (secondary N) is 1. The largest absolute Gasteiger partial charge is 0.444 e. The standard InChI is InChI=1S/C33H44N4O2/c1-33(2,3)39-32(38)35-20-13-22-36(27-30-16-9-5-10-17-30)24-25-37(28-31-18-11-6-12-19-31)23-21-34-26-29-14-7-4-8-15-29/h4-12,14-19,26H,13,20-25,27-28H2,1-3H3,(H,35,38). The zero-order valence-electron chi connectivity index (χ0n) is 23.8. The lowest BCUT2D eigenvalue weighted by atomic mass is 10.2. The molecule has 1 amide bonds. The number of hydrogen-bond acceptors (Lipinski definition) is 5. The number of benzene rings is 3. The smallest absolute Gasteiger partial charge is 0.407 e. The van der Waals surface area contributed by atoms with E-state index in [9.17, 15) is 4.79 Å². The zero-order chi connectivity index (χ0) is 27.8. The van der Waals surface area contributed by atoms with E-state index in [0.717, 1.165) is 57.8 Å². The summed E-state index contributed by atoms with van der Waals surface area (Å²) in [4.78, 5) is 21.7. The highest BCUT2D eigenvalue weighted by atomic mass is 16.6. The molecule has 0 aliphatic rings. The van der Waals surface area contributed by atoms with Crippen molar-refractivity contribution in [1.29, 1.82) is 0 Å². The highest BCUT2D eigenvalue weighted by molar-refractivity contribution is 5.79. The molecule has 0 aliphatic carbocycles. The van der Waals surface area contributed by atoms with E-state index >= 15 is 0 Å². The van der Waals surface area contributed by atoms with Gasteiger partial charge in [-0.2, -0.15) is 0 Å². The molecule has 208 valence electrons. The van der Waals surface area contributed by atoms with Crippen molar-refractivity contribution in [3.05, 3.63) is 108 Å².